The van der Waals surface area contributed by atoms with Crippen LogP contribution in [-0.4, -0.2) is 45.2 Å². The molecule has 3 aromatic rings. The SMILES string of the molecule is C[n+]1cnc2[nH]ccc2c1N1CCCN(C(=S)Nc2ccccc2)C2(CC2)C1. The Morgan fingerprint density at radius 2 is 2.04 bits per heavy atom. The largest absolute Gasteiger partial charge is 0.340 e. The average Bonchev–Trinajstić information content (AvgIpc) is 3.36. The van der Waals surface area contributed by atoms with Crippen molar-refractivity contribution >= 4 is 39.9 Å². The Bertz CT molecular complexity index is 1010. The summed E-state index contributed by atoms with van der Waals surface area (Å²) in [7, 11) is 2.08. The van der Waals surface area contributed by atoms with Crippen molar-refractivity contribution < 1.29 is 4.57 Å². The molecule has 1 saturated carbocycles. The Kier molecular flexibility index (Phi) is 4.19. The van der Waals surface area contributed by atoms with Crippen LogP contribution in [0.25, 0.3) is 11.0 Å². The van der Waals surface area contributed by atoms with Crippen LogP contribution in [0.4, 0.5) is 11.5 Å². The summed E-state index contributed by atoms with van der Waals surface area (Å²) in [5.74, 6) is 1.24. The fourth-order valence-corrected chi connectivity index (χ4v) is 4.79. The lowest BCUT2D eigenvalue weighted by molar-refractivity contribution is -0.660. The van der Waals surface area contributed by atoms with E-state index in [1.54, 1.807) is 0 Å². The number of nitrogens with one attached hydrogen (secondary N) is 2. The summed E-state index contributed by atoms with van der Waals surface area (Å²) in [5, 5.41) is 5.47. The Labute approximate surface area is 170 Å². The molecular formula is C21H25N6S+. The predicted molar refractivity (Wildman–Crippen MR) is 115 cm³/mol. The van der Waals surface area contributed by atoms with Gasteiger partial charge in [0, 0.05) is 18.4 Å². The lowest BCUT2D eigenvalue weighted by Gasteiger charge is -2.33. The number of nitrogens with zero attached hydrogens (tertiary/aromatic N) is 4. The second-order valence-corrected chi connectivity index (χ2v) is 8.25. The van der Waals surface area contributed by atoms with Crippen LogP contribution in [0.1, 0.15) is 19.3 Å². The van der Waals surface area contributed by atoms with Crippen molar-refractivity contribution in [2.45, 2.75) is 24.8 Å². The molecule has 0 unspecified atom stereocenters. The van der Waals surface area contributed by atoms with Crippen LogP contribution >= 0.6 is 12.2 Å². The topological polar surface area (TPSA) is 51.1 Å². The maximum Gasteiger partial charge on any atom is 0.236 e. The molecule has 0 radical (unpaired) electrons. The van der Waals surface area contributed by atoms with Gasteiger partial charge in [0.2, 0.25) is 17.8 Å². The highest BCUT2D eigenvalue weighted by Gasteiger charge is 2.53. The molecular weight excluding hydrogens is 368 g/mol. The van der Waals surface area contributed by atoms with Crippen molar-refractivity contribution in [3.63, 3.8) is 0 Å². The molecule has 28 heavy (non-hydrogen) atoms. The van der Waals surface area contributed by atoms with Gasteiger partial charge in [-0.1, -0.05) is 23.2 Å². The van der Waals surface area contributed by atoms with Crippen molar-refractivity contribution in [1.29, 1.82) is 0 Å². The van der Waals surface area contributed by atoms with E-state index >= 15 is 0 Å². The number of para-hydroxylation sites is 1. The van der Waals surface area contributed by atoms with E-state index in [2.05, 4.69) is 54.9 Å². The molecule has 2 aromatic heterocycles. The van der Waals surface area contributed by atoms with Crippen molar-refractivity contribution in [2.75, 3.05) is 29.9 Å². The van der Waals surface area contributed by atoms with E-state index < -0.39 is 0 Å². The molecule has 7 heteroatoms. The highest BCUT2D eigenvalue weighted by atomic mass is 32.1. The van der Waals surface area contributed by atoms with Gasteiger partial charge in [-0.25, -0.2) is 4.57 Å². The molecule has 5 rings (SSSR count). The summed E-state index contributed by atoms with van der Waals surface area (Å²) in [5.41, 5.74) is 2.13. The Balaban J connectivity index is 1.42. The van der Waals surface area contributed by atoms with E-state index in [0.29, 0.717) is 0 Å². The van der Waals surface area contributed by atoms with Gasteiger partial charge in [-0.3, -0.25) is 4.90 Å². The van der Waals surface area contributed by atoms with Crippen LogP contribution in [0, 0.1) is 0 Å². The molecule has 6 nitrogen and oxygen atoms in total. The van der Waals surface area contributed by atoms with Crippen molar-refractivity contribution in [2.24, 2.45) is 7.05 Å². The number of fused-ring (bicyclic) bond motifs is 1. The average molecular weight is 394 g/mol. The standard InChI is InChI=1S/C21H24N6S/c1-25-15-23-18-17(8-11-22-18)19(25)26-12-5-13-27(21(14-26)9-10-21)20(28)24-16-6-3-2-4-7-16/h2-4,6-8,11,15H,5,9-10,12-14H2,1H3,(H,24,28)/p+1. The number of aromatic amines is 1. The number of H-pyrrole nitrogens is 1. The first-order valence-electron chi connectivity index (χ1n) is 9.87. The summed E-state index contributed by atoms with van der Waals surface area (Å²) < 4.78 is 2.14. The fourth-order valence-electron chi connectivity index (χ4n) is 4.39. The Morgan fingerprint density at radius 1 is 1.21 bits per heavy atom. The molecule has 2 fully saturated rings. The zero-order valence-corrected chi connectivity index (χ0v) is 16.9. The molecule has 1 aliphatic heterocycles. The zero-order valence-electron chi connectivity index (χ0n) is 16.1. The van der Waals surface area contributed by atoms with Crippen LogP contribution in [0.2, 0.25) is 0 Å². The van der Waals surface area contributed by atoms with E-state index in [0.717, 1.165) is 42.5 Å². The second kappa shape index (κ2) is 6.74. The quantitative estimate of drug-likeness (QED) is 0.518. The number of anilines is 2. The van der Waals surface area contributed by atoms with E-state index in [-0.39, 0.29) is 5.54 Å². The summed E-state index contributed by atoms with van der Waals surface area (Å²) in [6.07, 6.45) is 7.32. The van der Waals surface area contributed by atoms with Gasteiger partial charge in [0.15, 0.2) is 5.11 Å². The second-order valence-electron chi connectivity index (χ2n) is 7.87. The number of hydrogen-bond acceptors (Lipinski definition) is 3. The first kappa shape index (κ1) is 17.4. The number of rotatable bonds is 2. The van der Waals surface area contributed by atoms with Gasteiger partial charge in [-0.05, 0) is 49.7 Å². The molecule has 3 heterocycles. The number of hydrogen-bond donors (Lipinski definition) is 2. The van der Waals surface area contributed by atoms with Gasteiger partial charge in [-0.15, -0.1) is 0 Å². The highest BCUT2D eigenvalue weighted by Crippen LogP contribution is 2.45. The minimum atomic E-state index is 0.133. The fraction of sp³-hybridized carbons (Fsp3) is 0.381. The van der Waals surface area contributed by atoms with E-state index in [1.807, 2.05) is 30.7 Å². The Hall–Kier alpha value is -2.67. The summed E-state index contributed by atoms with van der Waals surface area (Å²) in [6.45, 7) is 2.99. The van der Waals surface area contributed by atoms with E-state index in [1.165, 1.54) is 24.0 Å². The zero-order chi connectivity index (χ0) is 19.1. The van der Waals surface area contributed by atoms with Gasteiger partial charge in [-0.2, -0.15) is 0 Å². The third-order valence-electron chi connectivity index (χ3n) is 5.92. The lowest BCUT2D eigenvalue weighted by Crippen LogP contribution is -2.50. The van der Waals surface area contributed by atoms with Crippen molar-refractivity contribution in [3.8, 4) is 0 Å². The molecule has 2 N–H and O–H groups in total. The van der Waals surface area contributed by atoms with E-state index in [9.17, 15) is 0 Å². The molecule has 1 saturated heterocycles. The Morgan fingerprint density at radius 3 is 2.82 bits per heavy atom. The number of thiocarbonyl (C=S) groups is 1. The predicted octanol–water partition coefficient (Wildman–Crippen LogP) is 2.83. The minimum Gasteiger partial charge on any atom is -0.340 e. The van der Waals surface area contributed by atoms with Gasteiger partial charge < -0.3 is 15.2 Å². The van der Waals surface area contributed by atoms with Crippen LogP contribution in [-0.2, 0) is 7.05 Å². The third-order valence-corrected chi connectivity index (χ3v) is 6.25. The molecule has 1 spiro atoms. The summed E-state index contributed by atoms with van der Waals surface area (Å²) in [6, 6.07) is 12.4. The molecule has 0 atom stereocenters. The molecule has 2 aliphatic rings. The minimum absolute atomic E-state index is 0.133. The van der Waals surface area contributed by atoms with Gasteiger partial charge in [0.05, 0.1) is 25.7 Å². The third kappa shape index (κ3) is 2.99. The summed E-state index contributed by atoms with van der Waals surface area (Å²) in [4.78, 5) is 12.7. The van der Waals surface area contributed by atoms with Crippen LogP contribution in [0.5, 0.6) is 0 Å². The summed E-state index contributed by atoms with van der Waals surface area (Å²) >= 11 is 5.83. The van der Waals surface area contributed by atoms with Crippen molar-refractivity contribution in [3.05, 3.63) is 48.9 Å². The number of aryl methyl sites for hydroxylation is 1. The van der Waals surface area contributed by atoms with Crippen LogP contribution < -0.4 is 14.8 Å². The van der Waals surface area contributed by atoms with Crippen LogP contribution in [0.3, 0.4) is 0 Å². The number of benzene rings is 1. The van der Waals surface area contributed by atoms with Crippen molar-refractivity contribution in [1.82, 2.24) is 14.9 Å². The maximum absolute atomic E-state index is 5.83. The van der Waals surface area contributed by atoms with Gasteiger partial charge in [0.1, 0.15) is 5.39 Å². The normalized spacial score (nSPS) is 18.3. The first-order chi connectivity index (χ1) is 13.7. The highest BCUT2D eigenvalue weighted by molar-refractivity contribution is 7.80. The first-order valence-corrected chi connectivity index (χ1v) is 10.3. The van der Waals surface area contributed by atoms with E-state index in [4.69, 9.17) is 12.2 Å². The van der Waals surface area contributed by atoms with Gasteiger partial charge in [0.25, 0.3) is 0 Å². The molecule has 1 aliphatic carbocycles. The smallest absolute Gasteiger partial charge is 0.236 e. The maximum atomic E-state index is 5.83. The number of aromatic nitrogens is 3. The molecule has 144 valence electrons. The molecule has 1 aromatic carbocycles. The lowest BCUT2D eigenvalue weighted by atomic mass is 10.2. The van der Waals surface area contributed by atoms with Crippen LogP contribution in [0.15, 0.2) is 48.9 Å². The monoisotopic (exact) mass is 393 g/mol. The molecule has 0 bridgehead atoms. The van der Waals surface area contributed by atoms with Gasteiger partial charge >= 0.3 is 0 Å². The molecule has 0 amide bonds.